The number of halogens is 1. The number of para-hydroxylation sites is 1. The van der Waals surface area contributed by atoms with Gasteiger partial charge in [-0.25, -0.2) is 0 Å². The van der Waals surface area contributed by atoms with E-state index in [2.05, 4.69) is 0 Å². The van der Waals surface area contributed by atoms with Crippen LogP contribution in [0.5, 0.6) is 5.75 Å². The molecular formula is C15H22ClNO3. The van der Waals surface area contributed by atoms with Crippen molar-refractivity contribution in [1.82, 2.24) is 4.90 Å². The van der Waals surface area contributed by atoms with Crippen LogP contribution in [0, 0.1) is 6.92 Å². The van der Waals surface area contributed by atoms with Gasteiger partial charge >= 0.3 is 5.97 Å². The number of likely N-dealkylation sites (tertiary alicyclic amines) is 1. The first-order chi connectivity index (χ1) is 9.18. The number of carboxylic acid groups (broad SMARTS) is 1. The van der Waals surface area contributed by atoms with Crippen LogP contribution in [0.2, 0.25) is 0 Å². The molecule has 20 heavy (non-hydrogen) atoms. The zero-order chi connectivity index (χ0) is 13.7. The number of carbonyl (C=O) groups is 1. The fourth-order valence-electron chi connectivity index (χ4n) is 2.54. The summed E-state index contributed by atoms with van der Waals surface area (Å²) in [4.78, 5) is 13.1. The molecule has 1 N–H and O–H groups in total. The van der Waals surface area contributed by atoms with Crippen LogP contribution < -0.4 is 4.74 Å². The molecule has 1 aromatic rings. The maximum Gasteiger partial charge on any atom is 0.320 e. The number of hydrogen-bond acceptors (Lipinski definition) is 3. The van der Waals surface area contributed by atoms with E-state index in [1.54, 1.807) is 0 Å². The monoisotopic (exact) mass is 299 g/mol. The summed E-state index contributed by atoms with van der Waals surface area (Å²) in [6.45, 7) is 4.34. The first-order valence-corrected chi connectivity index (χ1v) is 6.84. The van der Waals surface area contributed by atoms with Gasteiger partial charge in [-0.3, -0.25) is 9.69 Å². The third-order valence-electron chi connectivity index (χ3n) is 3.59. The summed E-state index contributed by atoms with van der Waals surface area (Å²) >= 11 is 0. The van der Waals surface area contributed by atoms with E-state index in [1.807, 2.05) is 36.1 Å². The third kappa shape index (κ3) is 4.39. The third-order valence-corrected chi connectivity index (χ3v) is 3.59. The van der Waals surface area contributed by atoms with Crippen molar-refractivity contribution in [2.24, 2.45) is 0 Å². The lowest BCUT2D eigenvalue weighted by molar-refractivity contribution is -0.142. The molecule has 0 spiro atoms. The van der Waals surface area contributed by atoms with Crippen LogP contribution in [0.15, 0.2) is 24.3 Å². The molecule has 0 aliphatic carbocycles. The molecule has 0 bridgehead atoms. The summed E-state index contributed by atoms with van der Waals surface area (Å²) in [5, 5.41) is 9.08. The van der Waals surface area contributed by atoms with Crippen LogP contribution in [-0.2, 0) is 4.79 Å². The predicted octanol–water partition coefficient (Wildman–Crippen LogP) is 2.73. The van der Waals surface area contributed by atoms with Gasteiger partial charge in [0.1, 0.15) is 11.8 Å². The average Bonchev–Trinajstić information content (AvgIpc) is 2.85. The first-order valence-electron chi connectivity index (χ1n) is 6.84. The second-order valence-electron chi connectivity index (χ2n) is 5.00. The van der Waals surface area contributed by atoms with E-state index in [1.165, 1.54) is 0 Å². The summed E-state index contributed by atoms with van der Waals surface area (Å²) in [6, 6.07) is 7.65. The van der Waals surface area contributed by atoms with E-state index in [0.717, 1.165) is 43.7 Å². The minimum atomic E-state index is -0.697. The highest BCUT2D eigenvalue weighted by atomic mass is 35.5. The molecule has 0 aromatic heterocycles. The summed E-state index contributed by atoms with van der Waals surface area (Å²) in [7, 11) is 0. The van der Waals surface area contributed by atoms with Crippen molar-refractivity contribution < 1.29 is 14.6 Å². The average molecular weight is 300 g/mol. The Morgan fingerprint density at radius 3 is 2.90 bits per heavy atom. The quantitative estimate of drug-likeness (QED) is 0.821. The number of aliphatic carboxylic acids is 1. The Balaban J connectivity index is 0.00000200. The van der Waals surface area contributed by atoms with Crippen molar-refractivity contribution in [2.75, 3.05) is 19.7 Å². The number of benzene rings is 1. The standard InChI is InChI=1S/C15H21NO3.ClH/c1-12-6-2-3-8-14(12)19-11-5-10-16-9-4-7-13(16)15(17)18;/h2-3,6,8,13H,4-5,7,9-11H2,1H3,(H,17,18);1H/t13-;/m1./s1. The molecule has 5 heteroatoms. The van der Waals surface area contributed by atoms with Crippen LogP contribution in [0.1, 0.15) is 24.8 Å². The minimum absolute atomic E-state index is 0. The molecule has 0 unspecified atom stereocenters. The molecule has 1 aromatic carbocycles. The fraction of sp³-hybridized carbons (Fsp3) is 0.533. The minimum Gasteiger partial charge on any atom is -0.493 e. The molecule has 2 rings (SSSR count). The van der Waals surface area contributed by atoms with E-state index < -0.39 is 5.97 Å². The Morgan fingerprint density at radius 2 is 2.20 bits per heavy atom. The van der Waals surface area contributed by atoms with Gasteiger partial charge in [-0.2, -0.15) is 0 Å². The van der Waals surface area contributed by atoms with Crippen LogP contribution in [0.4, 0.5) is 0 Å². The zero-order valence-corrected chi connectivity index (χ0v) is 12.6. The number of ether oxygens (including phenoxy) is 1. The molecule has 1 heterocycles. The maximum absolute atomic E-state index is 11.0. The molecular weight excluding hydrogens is 278 g/mol. The summed E-state index contributed by atoms with van der Waals surface area (Å²) in [5.74, 6) is 0.219. The van der Waals surface area contributed by atoms with E-state index in [0.29, 0.717) is 6.61 Å². The van der Waals surface area contributed by atoms with Gasteiger partial charge in [0.15, 0.2) is 0 Å². The van der Waals surface area contributed by atoms with Crippen LogP contribution in [0.3, 0.4) is 0 Å². The lowest BCUT2D eigenvalue weighted by Gasteiger charge is -2.20. The highest BCUT2D eigenvalue weighted by Crippen LogP contribution is 2.19. The van der Waals surface area contributed by atoms with Crippen molar-refractivity contribution >= 4 is 18.4 Å². The molecule has 0 radical (unpaired) electrons. The van der Waals surface area contributed by atoms with Gasteiger partial charge in [0.2, 0.25) is 0 Å². The van der Waals surface area contributed by atoms with Gasteiger partial charge < -0.3 is 9.84 Å². The van der Waals surface area contributed by atoms with Gasteiger partial charge in [-0.05, 0) is 44.4 Å². The zero-order valence-electron chi connectivity index (χ0n) is 11.7. The fourth-order valence-corrected chi connectivity index (χ4v) is 2.54. The molecule has 1 fully saturated rings. The lowest BCUT2D eigenvalue weighted by atomic mass is 10.2. The SMILES string of the molecule is Cc1ccccc1OCCCN1CCC[C@@H]1C(=O)O.Cl. The Hall–Kier alpha value is -1.26. The molecule has 4 nitrogen and oxygen atoms in total. The molecule has 0 saturated carbocycles. The number of nitrogens with zero attached hydrogens (tertiary/aromatic N) is 1. The van der Waals surface area contributed by atoms with Gasteiger partial charge in [-0.15, -0.1) is 12.4 Å². The van der Waals surface area contributed by atoms with Crippen molar-refractivity contribution in [3.05, 3.63) is 29.8 Å². The highest BCUT2D eigenvalue weighted by Gasteiger charge is 2.29. The van der Waals surface area contributed by atoms with Gasteiger partial charge in [-0.1, -0.05) is 18.2 Å². The summed E-state index contributed by atoms with van der Waals surface area (Å²) in [6.07, 6.45) is 2.61. The van der Waals surface area contributed by atoms with Gasteiger partial charge in [0, 0.05) is 6.54 Å². The molecule has 1 atom stereocenters. The van der Waals surface area contributed by atoms with E-state index in [4.69, 9.17) is 9.84 Å². The molecule has 1 saturated heterocycles. The van der Waals surface area contributed by atoms with E-state index >= 15 is 0 Å². The summed E-state index contributed by atoms with van der Waals surface area (Å²) < 4.78 is 5.72. The summed E-state index contributed by atoms with van der Waals surface area (Å²) in [5.41, 5.74) is 1.13. The van der Waals surface area contributed by atoms with Crippen LogP contribution in [0.25, 0.3) is 0 Å². The van der Waals surface area contributed by atoms with Crippen LogP contribution >= 0.6 is 12.4 Å². The number of aryl methyl sites for hydroxylation is 1. The van der Waals surface area contributed by atoms with Crippen molar-refractivity contribution in [3.8, 4) is 5.75 Å². The largest absolute Gasteiger partial charge is 0.493 e. The molecule has 0 amide bonds. The van der Waals surface area contributed by atoms with Gasteiger partial charge in [0.25, 0.3) is 0 Å². The number of carboxylic acids is 1. The second-order valence-corrected chi connectivity index (χ2v) is 5.00. The molecule has 112 valence electrons. The Kier molecular flexibility index (Phi) is 6.82. The smallest absolute Gasteiger partial charge is 0.320 e. The van der Waals surface area contributed by atoms with Crippen LogP contribution in [-0.4, -0.2) is 41.7 Å². The Morgan fingerprint density at radius 1 is 1.45 bits per heavy atom. The highest BCUT2D eigenvalue weighted by molar-refractivity contribution is 5.85. The normalized spacial score (nSPS) is 18.6. The van der Waals surface area contributed by atoms with Crippen molar-refractivity contribution in [1.29, 1.82) is 0 Å². The number of rotatable bonds is 6. The first kappa shape index (κ1) is 16.8. The van der Waals surface area contributed by atoms with Crippen molar-refractivity contribution in [2.45, 2.75) is 32.2 Å². The lowest BCUT2D eigenvalue weighted by Crippen LogP contribution is -2.36. The second kappa shape index (κ2) is 8.12. The Labute approximate surface area is 126 Å². The molecule has 1 aliphatic heterocycles. The van der Waals surface area contributed by atoms with E-state index in [9.17, 15) is 4.79 Å². The molecule has 1 aliphatic rings. The number of hydrogen-bond donors (Lipinski definition) is 1. The van der Waals surface area contributed by atoms with Crippen molar-refractivity contribution in [3.63, 3.8) is 0 Å². The van der Waals surface area contributed by atoms with Gasteiger partial charge in [0.05, 0.1) is 6.61 Å². The Bertz CT molecular complexity index is 439. The topological polar surface area (TPSA) is 49.8 Å². The maximum atomic E-state index is 11.0. The van der Waals surface area contributed by atoms with E-state index in [-0.39, 0.29) is 18.4 Å². The predicted molar refractivity (Wildman–Crippen MR) is 80.8 cm³/mol.